The average molecular weight is 377 g/mol. The number of carbonyl (C=O) groups is 1. The van der Waals surface area contributed by atoms with Crippen molar-refractivity contribution in [1.82, 2.24) is 19.6 Å². The second-order valence-electron chi connectivity index (χ2n) is 6.86. The Labute approximate surface area is 159 Å². The lowest BCUT2D eigenvalue weighted by molar-refractivity contribution is -0.0232. The molecular formula is C19H25ClN4O2. The SMILES string of the molecule is Cc1cc(C(=O)N2CCOC(c3ccc(Cl)cc3)C2)n(CCN(C)C)n1. The molecule has 140 valence electrons. The minimum atomic E-state index is -0.135. The molecule has 0 spiro atoms. The zero-order chi connectivity index (χ0) is 18.7. The van der Waals surface area contributed by atoms with Crippen molar-refractivity contribution in [3.05, 3.63) is 52.3 Å². The van der Waals surface area contributed by atoms with Gasteiger partial charge in [-0.1, -0.05) is 23.7 Å². The molecule has 1 unspecified atom stereocenters. The minimum absolute atomic E-state index is 0.00613. The number of likely N-dealkylation sites (N-methyl/N-ethyl adjacent to an activating group) is 1. The van der Waals surface area contributed by atoms with Crippen molar-refractivity contribution >= 4 is 17.5 Å². The van der Waals surface area contributed by atoms with Crippen LogP contribution >= 0.6 is 11.6 Å². The van der Waals surface area contributed by atoms with Gasteiger partial charge >= 0.3 is 0 Å². The molecule has 2 heterocycles. The Balaban J connectivity index is 1.74. The predicted molar refractivity (Wildman–Crippen MR) is 102 cm³/mol. The van der Waals surface area contributed by atoms with Crippen molar-refractivity contribution in [2.24, 2.45) is 0 Å². The Morgan fingerprint density at radius 3 is 2.77 bits per heavy atom. The molecule has 0 aliphatic carbocycles. The van der Waals surface area contributed by atoms with Crippen LogP contribution in [-0.4, -0.2) is 65.8 Å². The lowest BCUT2D eigenvalue weighted by Crippen LogP contribution is -2.43. The lowest BCUT2D eigenvalue weighted by Gasteiger charge is -2.33. The number of carbonyl (C=O) groups excluding carboxylic acids is 1. The number of morpholine rings is 1. The summed E-state index contributed by atoms with van der Waals surface area (Å²) in [6, 6.07) is 9.46. The summed E-state index contributed by atoms with van der Waals surface area (Å²) in [5, 5.41) is 5.17. The molecular weight excluding hydrogens is 352 g/mol. The molecule has 3 rings (SSSR count). The van der Waals surface area contributed by atoms with E-state index in [1.807, 2.05) is 60.9 Å². The van der Waals surface area contributed by atoms with Crippen LogP contribution in [0, 0.1) is 6.92 Å². The summed E-state index contributed by atoms with van der Waals surface area (Å²) in [5.41, 5.74) is 2.53. The molecule has 6 nitrogen and oxygen atoms in total. The number of aromatic nitrogens is 2. The van der Waals surface area contributed by atoms with Crippen LogP contribution in [0.1, 0.15) is 27.8 Å². The summed E-state index contributed by atoms with van der Waals surface area (Å²) in [7, 11) is 4.02. The first kappa shape index (κ1) is 18.9. The van der Waals surface area contributed by atoms with E-state index >= 15 is 0 Å². The molecule has 1 aromatic carbocycles. The number of ether oxygens (including phenoxy) is 1. The van der Waals surface area contributed by atoms with E-state index in [1.54, 1.807) is 0 Å². The zero-order valence-corrected chi connectivity index (χ0v) is 16.2. The molecule has 26 heavy (non-hydrogen) atoms. The normalized spacial score (nSPS) is 17.7. The van der Waals surface area contributed by atoms with Crippen LogP contribution in [0.4, 0.5) is 0 Å². The van der Waals surface area contributed by atoms with E-state index in [-0.39, 0.29) is 12.0 Å². The first-order valence-corrected chi connectivity index (χ1v) is 9.17. The molecule has 1 saturated heterocycles. The number of rotatable bonds is 5. The van der Waals surface area contributed by atoms with Gasteiger partial charge in [0.25, 0.3) is 5.91 Å². The maximum Gasteiger partial charge on any atom is 0.272 e. The van der Waals surface area contributed by atoms with E-state index in [2.05, 4.69) is 10.00 Å². The Kier molecular flexibility index (Phi) is 5.96. The van der Waals surface area contributed by atoms with Crippen molar-refractivity contribution in [1.29, 1.82) is 0 Å². The minimum Gasteiger partial charge on any atom is -0.370 e. The summed E-state index contributed by atoms with van der Waals surface area (Å²) in [6.07, 6.45) is -0.135. The van der Waals surface area contributed by atoms with Gasteiger partial charge in [0.1, 0.15) is 11.8 Å². The molecule has 1 aromatic heterocycles. The van der Waals surface area contributed by atoms with Gasteiger partial charge in [-0.05, 0) is 44.8 Å². The van der Waals surface area contributed by atoms with E-state index in [1.165, 1.54) is 0 Å². The third kappa shape index (κ3) is 4.44. The first-order valence-electron chi connectivity index (χ1n) is 8.79. The van der Waals surface area contributed by atoms with Crippen LogP contribution in [0.25, 0.3) is 0 Å². The first-order chi connectivity index (χ1) is 12.4. The summed E-state index contributed by atoms with van der Waals surface area (Å²) in [6.45, 7) is 5.06. The third-order valence-electron chi connectivity index (χ3n) is 4.48. The Morgan fingerprint density at radius 2 is 2.08 bits per heavy atom. The Bertz CT molecular complexity index is 757. The standard InChI is InChI=1S/C19H25ClN4O2/c1-14-12-17(24(21-14)9-8-22(2)3)19(25)23-10-11-26-18(13-23)15-4-6-16(20)7-5-15/h4-7,12,18H,8-11,13H2,1-3H3. The monoisotopic (exact) mass is 376 g/mol. The topological polar surface area (TPSA) is 50.6 Å². The molecule has 7 heteroatoms. The highest BCUT2D eigenvalue weighted by Gasteiger charge is 2.28. The van der Waals surface area contributed by atoms with Gasteiger partial charge in [-0.2, -0.15) is 5.10 Å². The van der Waals surface area contributed by atoms with Crippen molar-refractivity contribution in [3.8, 4) is 0 Å². The summed E-state index contributed by atoms with van der Waals surface area (Å²) in [5.74, 6) is 0.00613. The van der Waals surface area contributed by atoms with Crippen LogP contribution in [0.5, 0.6) is 0 Å². The second-order valence-corrected chi connectivity index (χ2v) is 7.30. The highest BCUT2D eigenvalue weighted by atomic mass is 35.5. The van der Waals surface area contributed by atoms with Crippen molar-refractivity contribution in [2.45, 2.75) is 19.6 Å². The smallest absolute Gasteiger partial charge is 0.272 e. The maximum absolute atomic E-state index is 13.1. The number of halogens is 1. The summed E-state index contributed by atoms with van der Waals surface area (Å²) < 4.78 is 7.68. The Hall–Kier alpha value is -1.89. The number of hydrogen-bond donors (Lipinski definition) is 0. The molecule has 2 aromatic rings. The number of amides is 1. The number of benzene rings is 1. The van der Waals surface area contributed by atoms with Crippen LogP contribution in [0.15, 0.2) is 30.3 Å². The number of hydrogen-bond acceptors (Lipinski definition) is 4. The Morgan fingerprint density at radius 1 is 1.35 bits per heavy atom. The van der Waals surface area contributed by atoms with Gasteiger partial charge in [-0.3, -0.25) is 9.48 Å². The lowest BCUT2D eigenvalue weighted by atomic mass is 10.1. The van der Waals surface area contributed by atoms with Crippen LogP contribution in [0.2, 0.25) is 5.02 Å². The average Bonchev–Trinajstić information content (AvgIpc) is 3.01. The fraction of sp³-hybridized carbons (Fsp3) is 0.474. The summed E-state index contributed by atoms with van der Waals surface area (Å²) >= 11 is 5.96. The molecule has 0 saturated carbocycles. The number of aryl methyl sites for hydroxylation is 1. The fourth-order valence-corrected chi connectivity index (χ4v) is 3.18. The number of nitrogens with zero attached hydrogens (tertiary/aromatic N) is 4. The molecule has 0 N–H and O–H groups in total. The maximum atomic E-state index is 13.1. The van der Waals surface area contributed by atoms with Gasteiger partial charge in [-0.15, -0.1) is 0 Å². The second kappa shape index (κ2) is 8.20. The van der Waals surface area contributed by atoms with Crippen LogP contribution in [0.3, 0.4) is 0 Å². The third-order valence-corrected chi connectivity index (χ3v) is 4.73. The van der Waals surface area contributed by atoms with Gasteiger partial charge in [-0.25, -0.2) is 0 Å². The van der Waals surface area contributed by atoms with Crippen molar-refractivity contribution in [3.63, 3.8) is 0 Å². The molecule has 1 amide bonds. The fourth-order valence-electron chi connectivity index (χ4n) is 3.06. The van der Waals surface area contributed by atoms with Gasteiger partial charge in [0.05, 0.1) is 25.4 Å². The van der Waals surface area contributed by atoms with E-state index in [0.717, 1.165) is 17.8 Å². The zero-order valence-electron chi connectivity index (χ0n) is 15.5. The highest BCUT2D eigenvalue weighted by Crippen LogP contribution is 2.24. The molecule has 0 radical (unpaired) electrons. The van der Waals surface area contributed by atoms with Crippen molar-refractivity contribution in [2.75, 3.05) is 40.3 Å². The van der Waals surface area contributed by atoms with Crippen molar-refractivity contribution < 1.29 is 9.53 Å². The van der Waals surface area contributed by atoms with E-state index < -0.39 is 0 Å². The predicted octanol–water partition coefficient (Wildman–Crippen LogP) is 2.62. The van der Waals surface area contributed by atoms with E-state index in [4.69, 9.17) is 16.3 Å². The molecule has 1 atom stereocenters. The molecule has 1 fully saturated rings. The van der Waals surface area contributed by atoms with Gasteiger partial charge < -0.3 is 14.5 Å². The molecule has 1 aliphatic rings. The van der Waals surface area contributed by atoms with E-state index in [0.29, 0.717) is 37.0 Å². The summed E-state index contributed by atoms with van der Waals surface area (Å²) in [4.78, 5) is 17.0. The van der Waals surface area contributed by atoms with Gasteiger partial charge in [0.15, 0.2) is 0 Å². The largest absolute Gasteiger partial charge is 0.370 e. The van der Waals surface area contributed by atoms with Gasteiger partial charge in [0.2, 0.25) is 0 Å². The van der Waals surface area contributed by atoms with Crippen LogP contribution < -0.4 is 0 Å². The quantitative estimate of drug-likeness (QED) is 0.805. The van der Waals surface area contributed by atoms with Gasteiger partial charge in [0, 0.05) is 18.1 Å². The highest BCUT2D eigenvalue weighted by molar-refractivity contribution is 6.30. The molecule has 1 aliphatic heterocycles. The van der Waals surface area contributed by atoms with Crippen LogP contribution in [-0.2, 0) is 11.3 Å². The molecule has 0 bridgehead atoms. The van der Waals surface area contributed by atoms with E-state index in [9.17, 15) is 4.79 Å².